The largest absolute Gasteiger partial charge is 0.497 e. The van der Waals surface area contributed by atoms with Crippen LogP contribution in [0.15, 0.2) is 70.6 Å². The van der Waals surface area contributed by atoms with Crippen LogP contribution in [0.25, 0.3) is 10.9 Å². The molecule has 5 rings (SSSR count). The van der Waals surface area contributed by atoms with Crippen molar-refractivity contribution in [3.63, 3.8) is 0 Å². The van der Waals surface area contributed by atoms with E-state index in [9.17, 15) is 14.0 Å². The molecule has 1 N–H and O–H groups in total. The predicted octanol–water partition coefficient (Wildman–Crippen LogP) is 4.66. The van der Waals surface area contributed by atoms with Crippen LogP contribution in [0, 0.1) is 5.82 Å². The van der Waals surface area contributed by atoms with Crippen LogP contribution >= 0.6 is 11.8 Å². The lowest BCUT2D eigenvalue weighted by molar-refractivity contribution is -0.121. The lowest BCUT2D eigenvalue weighted by Crippen LogP contribution is -2.26. The molecule has 3 aromatic carbocycles. The SMILES string of the molecule is COc1ccc(CNC(=O)CCCn2c(SCc3ccc(F)cc3)nc3cc4c(cc3c2=O)OCO4)cc1. The van der Waals surface area contributed by atoms with Crippen molar-refractivity contribution in [2.75, 3.05) is 13.9 Å². The third-order valence-corrected chi connectivity index (χ3v) is 7.18. The van der Waals surface area contributed by atoms with E-state index in [2.05, 4.69) is 5.32 Å². The van der Waals surface area contributed by atoms with Gasteiger partial charge in [-0.1, -0.05) is 36.0 Å². The average molecular weight is 536 g/mol. The van der Waals surface area contributed by atoms with Gasteiger partial charge in [0.2, 0.25) is 12.7 Å². The minimum Gasteiger partial charge on any atom is -0.497 e. The molecule has 10 heteroatoms. The fourth-order valence-electron chi connectivity index (χ4n) is 4.06. The van der Waals surface area contributed by atoms with Crippen molar-refractivity contribution in [1.82, 2.24) is 14.9 Å². The lowest BCUT2D eigenvalue weighted by Gasteiger charge is -2.14. The van der Waals surface area contributed by atoms with Crippen LogP contribution in [0.3, 0.4) is 0 Å². The normalized spacial score (nSPS) is 12.1. The number of thioether (sulfide) groups is 1. The number of halogens is 1. The second-order valence-corrected chi connectivity index (χ2v) is 9.66. The van der Waals surface area contributed by atoms with Crippen molar-refractivity contribution in [2.45, 2.75) is 36.8 Å². The van der Waals surface area contributed by atoms with Crippen molar-refractivity contribution < 1.29 is 23.4 Å². The highest BCUT2D eigenvalue weighted by Gasteiger charge is 2.19. The van der Waals surface area contributed by atoms with E-state index in [-0.39, 0.29) is 30.5 Å². The molecule has 0 radical (unpaired) electrons. The third-order valence-electron chi connectivity index (χ3n) is 6.13. The topological polar surface area (TPSA) is 91.7 Å². The van der Waals surface area contributed by atoms with Gasteiger partial charge in [-0.3, -0.25) is 14.2 Å². The number of hydrogen-bond donors (Lipinski definition) is 1. The maximum atomic E-state index is 13.5. The number of nitrogens with zero attached hydrogens (tertiary/aromatic N) is 2. The maximum Gasteiger partial charge on any atom is 0.262 e. The van der Waals surface area contributed by atoms with E-state index in [0.29, 0.717) is 52.8 Å². The van der Waals surface area contributed by atoms with Crippen LogP contribution in [0.4, 0.5) is 4.39 Å². The summed E-state index contributed by atoms with van der Waals surface area (Å²) in [6.45, 7) is 0.821. The molecule has 0 unspecified atom stereocenters. The number of carbonyl (C=O) groups is 1. The smallest absolute Gasteiger partial charge is 0.262 e. The summed E-state index contributed by atoms with van der Waals surface area (Å²) < 4.78 is 31.0. The van der Waals surface area contributed by atoms with Gasteiger partial charge < -0.3 is 19.5 Å². The van der Waals surface area contributed by atoms with Gasteiger partial charge in [-0.05, 0) is 47.9 Å². The van der Waals surface area contributed by atoms with Crippen molar-refractivity contribution in [2.24, 2.45) is 0 Å². The summed E-state index contributed by atoms with van der Waals surface area (Å²) in [6, 6.07) is 17.1. The van der Waals surface area contributed by atoms with Gasteiger partial charge in [0.15, 0.2) is 16.7 Å². The Morgan fingerprint density at radius 3 is 2.53 bits per heavy atom. The predicted molar refractivity (Wildman–Crippen MR) is 142 cm³/mol. The quantitative estimate of drug-likeness (QED) is 0.233. The molecular formula is C28H26FN3O5S. The minimum atomic E-state index is -0.305. The molecule has 1 amide bonds. The fraction of sp³-hybridized carbons (Fsp3) is 0.250. The molecule has 0 spiro atoms. The monoisotopic (exact) mass is 535 g/mol. The Bertz CT molecular complexity index is 1510. The van der Waals surface area contributed by atoms with Crippen LogP contribution in [-0.2, 0) is 23.6 Å². The Labute approximate surface area is 222 Å². The number of hydrogen-bond acceptors (Lipinski definition) is 7. The van der Waals surface area contributed by atoms with Gasteiger partial charge >= 0.3 is 0 Å². The number of aromatic nitrogens is 2. The first-order valence-electron chi connectivity index (χ1n) is 12.1. The first-order valence-corrected chi connectivity index (χ1v) is 13.1. The van der Waals surface area contributed by atoms with E-state index in [0.717, 1.165) is 16.9 Å². The molecule has 196 valence electrons. The number of amides is 1. The van der Waals surface area contributed by atoms with Gasteiger partial charge in [0.1, 0.15) is 11.6 Å². The standard InChI is InChI=1S/C28H26FN3O5S/c1-35-21-10-6-18(7-11-21)15-30-26(33)3-2-12-32-27(34)22-13-24-25(37-17-36-24)14-23(22)31-28(32)38-16-19-4-8-20(29)9-5-19/h4-11,13-14H,2-3,12,15-17H2,1H3,(H,30,33). The zero-order chi connectivity index (χ0) is 26.5. The number of benzene rings is 3. The fourth-order valence-corrected chi connectivity index (χ4v) is 5.04. The molecule has 0 aliphatic carbocycles. The molecule has 1 aliphatic rings. The summed E-state index contributed by atoms with van der Waals surface area (Å²) in [4.78, 5) is 30.7. The highest BCUT2D eigenvalue weighted by Crippen LogP contribution is 2.35. The van der Waals surface area contributed by atoms with E-state index >= 15 is 0 Å². The minimum absolute atomic E-state index is 0.0949. The molecule has 0 fully saturated rings. The van der Waals surface area contributed by atoms with Crippen LogP contribution in [0.2, 0.25) is 0 Å². The number of nitrogens with one attached hydrogen (secondary N) is 1. The maximum absolute atomic E-state index is 13.5. The van der Waals surface area contributed by atoms with Crippen molar-refractivity contribution in [1.29, 1.82) is 0 Å². The highest BCUT2D eigenvalue weighted by molar-refractivity contribution is 7.98. The van der Waals surface area contributed by atoms with Gasteiger partial charge in [-0.2, -0.15) is 0 Å². The number of carbonyl (C=O) groups excluding carboxylic acids is 1. The Kier molecular flexibility index (Phi) is 7.78. The van der Waals surface area contributed by atoms with E-state index in [4.69, 9.17) is 19.2 Å². The molecule has 0 saturated carbocycles. The number of rotatable bonds is 10. The van der Waals surface area contributed by atoms with Crippen molar-refractivity contribution in [3.8, 4) is 17.2 Å². The van der Waals surface area contributed by atoms with Crippen molar-refractivity contribution >= 4 is 28.6 Å². The van der Waals surface area contributed by atoms with Crippen LogP contribution in [0.1, 0.15) is 24.0 Å². The Balaban J connectivity index is 1.30. The summed E-state index contributed by atoms with van der Waals surface area (Å²) in [6.07, 6.45) is 0.708. The second kappa shape index (κ2) is 11.6. The molecule has 2 heterocycles. The summed E-state index contributed by atoms with van der Waals surface area (Å²) in [5.74, 6) is 1.90. The number of fused-ring (bicyclic) bond motifs is 2. The summed E-state index contributed by atoms with van der Waals surface area (Å²) in [5.41, 5.74) is 2.16. The molecule has 1 aliphatic heterocycles. The van der Waals surface area contributed by atoms with Crippen LogP contribution < -0.4 is 25.1 Å². The van der Waals surface area contributed by atoms with Gasteiger partial charge in [0.25, 0.3) is 5.56 Å². The molecule has 1 aromatic heterocycles. The molecular weight excluding hydrogens is 509 g/mol. The molecule has 0 saturated heterocycles. The van der Waals surface area contributed by atoms with E-state index < -0.39 is 0 Å². The van der Waals surface area contributed by atoms with E-state index in [1.807, 2.05) is 24.3 Å². The van der Waals surface area contributed by atoms with Gasteiger partial charge in [0, 0.05) is 31.3 Å². The molecule has 0 bridgehead atoms. The van der Waals surface area contributed by atoms with Gasteiger partial charge in [0.05, 0.1) is 18.0 Å². The molecule has 8 nitrogen and oxygen atoms in total. The molecule has 0 atom stereocenters. The summed E-state index contributed by atoms with van der Waals surface area (Å²) >= 11 is 1.38. The molecule has 38 heavy (non-hydrogen) atoms. The Hall–Kier alpha value is -4.05. The third kappa shape index (κ3) is 5.91. The first kappa shape index (κ1) is 25.6. The average Bonchev–Trinajstić information content (AvgIpc) is 3.40. The number of ether oxygens (including phenoxy) is 3. The van der Waals surface area contributed by atoms with E-state index in [1.54, 1.807) is 35.9 Å². The summed E-state index contributed by atoms with van der Waals surface area (Å²) in [5, 5.41) is 3.85. The van der Waals surface area contributed by atoms with Crippen molar-refractivity contribution in [3.05, 3.63) is 88.0 Å². The lowest BCUT2D eigenvalue weighted by atomic mass is 10.2. The zero-order valence-electron chi connectivity index (χ0n) is 20.7. The Morgan fingerprint density at radius 2 is 1.79 bits per heavy atom. The zero-order valence-corrected chi connectivity index (χ0v) is 21.6. The summed E-state index contributed by atoms with van der Waals surface area (Å²) in [7, 11) is 1.61. The van der Waals surface area contributed by atoms with Crippen LogP contribution in [0.5, 0.6) is 17.2 Å². The second-order valence-electron chi connectivity index (χ2n) is 8.72. The first-order chi connectivity index (χ1) is 18.5. The van der Waals surface area contributed by atoms with E-state index in [1.165, 1.54) is 23.9 Å². The number of methoxy groups -OCH3 is 1. The molecule has 4 aromatic rings. The Morgan fingerprint density at radius 1 is 1.08 bits per heavy atom. The highest BCUT2D eigenvalue weighted by atomic mass is 32.2. The van der Waals surface area contributed by atoms with Gasteiger partial charge in [-0.25, -0.2) is 9.37 Å². The van der Waals surface area contributed by atoms with Gasteiger partial charge in [-0.15, -0.1) is 0 Å². The van der Waals surface area contributed by atoms with Crippen LogP contribution in [-0.4, -0.2) is 29.4 Å².